The lowest BCUT2D eigenvalue weighted by Gasteiger charge is -2.17. The summed E-state index contributed by atoms with van der Waals surface area (Å²) in [7, 11) is 1.58. The fourth-order valence-electron chi connectivity index (χ4n) is 3.36. The number of amides is 2. The number of nitrogens with two attached hydrogens (primary N) is 1. The van der Waals surface area contributed by atoms with Gasteiger partial charge in [0.15, 0.2) is 0 Å². The number of hydrogen-bond acceptors (Lipinski definition) is 5. The van der Waals surface area contributed by atoms with Crippen LogP contribution in [0, 0.1) is 5.41 Å². The molecule has 0 aliphatic carbocycles. The number of aliphatic carboxylic acids is 1. The van der Waals surface area contributed by atoms with Crippen molar-refractivity contribution in [1.82, 2.24) is 10.6 Å². The first-order valence-electron chi connectivity index (χ1n) is 11.1. The highest BCUT2D eigenvalue weighted by Gasteiger charge is 2.23. The maximum absolute atomic E-state index is 12.5. The van der Waals surface area contributed by atoms with E-state index in [9.17, 15) is 14.4 Å². The maximum Gasteiger partial charge on any atom is 0.305 e. The molecule has 9 nitrogen and oxygen atoms in total. The van der Waals surface area contributed by atoms with Crippen LogP contribution in [0.15, 0.2) is 48.5 Å². The third-order valence-electron chi connectivity index (χ3n) is 5.29. The van der Waals surface area contributed by atoms with Crippen molar-refractivity contribution in [3.05, 3.63) is 65.2 Å². The summed E-state index contributed by atoms with van der Waals surface area (Å²) in [5.41, 5.74) is 8.18. The second-order valence-corrected chi connectivity index (χ2v) is 7.92. The number of aryl methyl sites for hydroxylation is 1. The number of nitrogen functional groups attached to an aromatic ring is 1. The summed E-state index contributed by atoms with van der Waals surface area (Å²) < 4.78 is 5.11. The van der Waals surface area contributed by atoms with Crippen molar-refractivity contribution in [2.45, 2.75) is 44.6 Å². The minimum absolute atomic E-state index is 0.0175. The lowest BCUT2D eigenvalue weighted by Crippen LogP contribution is -2.48. The van der Waals surface area contributed by atoms with E-state index in [1.54, 1.807) is 19.2 Å². The van der Waals surface area contributed by atoms with Crippen LogP contribution in [-0.4, -0.2) is 48.4 Å². The number of unbranched alkanes of at least 4 members (excludes halogenated alkanes) is 1. The Hall–Kier alpha value is -3.88. The van der Waals surface area contributed by atoms with Gasteiger partial charge in [-0.3, -0.25) is 19.8 Å². The number of carboxylic acids is 1. The van der Waals surface area contributed by atoms with Gasteiger partial charge in [0.1, 0.15) is 17.6 Å². The number of amidine groups is 1. The third-order valence-corrected chi connectivity index (χ3v) is 5.29. The Labute approximate surface area is 199 Å². The Morgan fingerprint density at radius 1 is 1.00 bits per heavy atom. The first-order valence-corrected chi connectivity index (χ1v) is 11.1. The highest BCUT2D eigenvalue weighted by atomic mass is 16.5. The molecule has 9 heteroatoms. The lowest BCUT2D eigenvalue weighted by molar-refractivity contribution is -0.140. The molecule has 2 rings (SSSR count). The maximum atomic E-state index is 12.5. The molecule has 0 spiro atoms. The Kier molecular flexibility index (Phi) is 10.6. The minimum atomic E-state index is -1.16. The fraction of sp³-hybridized carbons (Fsp3) is 0.360. The zero-order valence-corrected chi connectivity index (χ0v) is 19.3. The smallest absolute Gasteiger partial charge is 0.305 e. The Morgan fingerprint density at radius 3 is 2.21 bits per heavy atom. The Bertz CT molecular complexity index is 974. The van der Waals surface area contributed by atoms with E-state index in [-0.39, 0.29) is 18.2 Å². The number of benzene rings is 2. The van der Waals surface area contributed by atoms with Crippen molar-refractivity contribution in [2.75, 3.05) is 13.7 Å². The van der Waals surface area contributed by atoms with Crippen LogP contribution in [0.1, 0.15) is 42.4 Å². The average molecular weight is 469 g/mol. The first kappa shape index (κ1) is 26.4. The molecule has 0 radical (unpaired) electrons. The molecule has 182 valence electrons. The summed E-state index contributed by atoms with van der Waals surface area (Å²) in [6.07, 6.45) is 2.39. The summed E-state index contributed by atoms with van der Waals surface area (Å²) >= 11 is 0. The molecular formula is C25H32N4O5. The Morgan fingerprint density at radius 2 is 1.62 bits per heavy atom. The van der Waals surface area contributed by atoms with Gasteiger partial charge in [0.2, 0.25) is 11.8 Å². The van der Waals surface area contributed by atoms with E-state index < -0.39 is 24.3 Å². The second kappa shape index (κ2) is 13.6. The molecule has 0 bridgehead atoms. The van der Waals surface area contributed by atoms with Crippen LogP contribution in [-0.2, 0) is 27.2 Å². The number of nitrogens with one attached hydrogen (secondary N) is 3. The molecule has 1 atom stereocenters. The standard InChI is InChI=1S/C25H32N4O5/c1-34-20-12-8-18(9-13-20)14-15-28-25(33)21(16-23(31)32)29-22(30)5-3-2-4-17-6-10-19(11-7-17)24(26)27/h6-13,21H,2-5,14-16H2,1H3,(H3,26,27)(H,28,33)(H,29,30)(H,31,32)/t21-/m0/s1. The van der Waals surface area contributed by atoms with Crippen LogP contribution in [0.5, 0.6) is 5.75 Å². The van der Waals surface area contributed by atoms with Gasteiger partial charge in [0.25, 0.3) is 0 Å². The predicted molar refractivity (Wildman–Crippen MR) is 129 cm³/mol. The van der Waals surface area contributed by atoms with Crippen molar-refractivity contribution < 1.29 is 24.2 Å². The van der Waals surface area contributed by atoms with Gasteiger partial charge < -0.3 is 26.2 Å². The summed E-state index contributed by atoms with van der Waals surface area (Å²) in [6, 6.07) is 13.7. The molecule has 2 aromatic carbocycles. The van der Waals surface area contributed by atoms with E-state index in [0.717, 1.165) is 29.7 Å². The van der Waals surface area contributed by atoms with Gasteiger partial charge in [0, 0.05) is 18.5 Å². The molecule has 0 aliphatic heterocycles. The van der Waals surface area contributed by atoms with Crippen molar-refractivity contribution in [2.24, 2.45) is 5.73 Å². The average Bonchev–Trinajstić information content (AvgIpc) is 2.81. The molecule has 0 fully saturated rings. The van der Waals surface area contributed by atoms with Gasteiger partial charge >= 0.3 is 5.97 Å². The monoisotopic (exact) mass is 468 g/mol. The quantitative estimate of drug-likeness (QED) is 0.162. The zero-order valence-electron chi connectivity index (χ0n) is 19.3. The van der Waals surface area contributed by atoms with E-state index in [0.29, 0.717) is 24.9 Å². The van der Waals surface area contributed by atoms with Crippen LogP contribution in [0.4, 0.5) is 0 Å². The summed E-state index contributed by atoms with van der Waals surface area (Å²) in [5.74, 6) is -1.28. The minimum Gasteiger partial charge on any atom is -0.497 e. The molecule has 0 aromatic heterocycles. The highest BCUT2D eigenvalue weighted by molar-refractivity contribution is 5.94. The second-order valence-electron chi connectivity index (χ2n) is 7.92. The summed E-state index contributed by atoms with van der Waals surface area (Å²) in [5, 5.41) is 21.8. The van der Waals surface area contributed by atoms with Gasteiger partial charge in [-0.25, -0.2) is 0 Å². The Balaban J connectivity index is 1.75. The largest absolute Gasteiger partial charge is 0.497 e. The van der Waals surface area contributed by atoms with Crippen LogP contribution in [0.25, 0.3) is 0 Å². The van der Waals surface area contributed by atoms with E-state index in [4.69, 9.17) is 21.0 Å². The van der Waals surface area contributed by atoms with Crippen LogP contribution >= 0.6 is 0 Å². The van der Waals surface area contributed by atoms with E-state index in [1.807, 2.05) is 36.4 Å². The SMILES string of the molecule is COc1ccc(CCNC(=O)[C@H](CC(=O)O)NC(=O)CCCCc2ccc(C(=N)N)cc2)cc1. The van der Waals surface area contributed by atoms with Crippen molar-refractivity contribution in [1.29, 1.82) is 5.41 Å². The van der Waals surface area contributed by atoms with Gasteiger partial charge in [-0.05, 0) is 48.9 Å². The van der Waals surface area contributed by atoms with Crippen molar-refractivity contribution in [3.8, 4) is 5.75 Å². The predicted octanol–water partition coefficient (Wildman–Crippen LogP) is 2.01. The molecule has 2 amide bonds. The molecule has 0 heterocycles. The molecule has 34 heavy (non-hydrogen) atoms. The highest BCUT2D eigenvalue weighted by Crippen LogP contribution is 2.11. The van der Waals surface area contributed by atoms with Gasteiger partial charge in [-0.15, -0.1) is 0 Å². The van der Waals surface area contributed by atoms with Crippen molar-refractivity contribution >= 4 is 23.6 Å². The van der Waals surface area contributed by atoms with Crippen LogP contribution in [0.2, 0.25) is 0 Å². The van der Waals surface area contributed by atoms with E-state index in [2.05, 4.69) is 10.6 Å². The zero-order chi connectivity index (χ0) is 24.9. The number of ether oxygens (including phenoxy) is 1. The summed E-state index contributed by atoms with van der Waals surface area (Å²) in [6.45, 7) is 0.319. The fourth-order valence-corrected chi connectivity index (χ4v) is 3.36. The van der Waals surface area contributed by atoms with E-state index >= 15 is 0 Å². The van der Waals surface area contributed by atoms with Gasteiger partial charge in [-0.2, -0.15) is 0 Å². The first-order chi connectivity index (χ1) is 16.3. The number of carboxylic acid groups (broad SMARTS) is 1. The number of methoxy groups -OCH3 is 1. The molecule has 0 unspecified atom stereocenters. The van der Waals surface area contributed by atoms with Gasteiger partial charge in [-0.1, -0.05) is 36.4 Å². The molecular weight excluding hydrogens is 436 g/mol. The summed E-state index contributed by atoms with van der Waals surface area (Å²) in [4.78, 5) is 35.9. The lowest BCUT2D eigenvalue weighted by atomic mass is 10.0. The number of carbonyl (C=O) groups is 3. The molecule has 0 saturated heterocycles. The van der Waals surface area contributed by atoms with Crippen LogP contribution < -0.4 is 21.1 Å². The number of rotatable bonds is 14. The topological polar surface area (TPSA) is 155 Å². The van der Waals surface area contributed by atoms with Crippen LogP contribution in [0.3, 0.4) is 0 Å². The normalized spacial score (nSPS) is 11.3. The van der Waals surface area contributed by atoms with Crippen molar-refractivity contribution in [3.63, 3.8) is 0 Å². The third kappa shape index (κ3) is 9.32. The number of carbonyl (C=O) groups excluding carboxylic acids is 2. The molecule has 6 N–H and O–H groups in total. The van der Waals surface area contributed by atoms with Gasteiger partial charge in [0.05, 0.1) is 13.5 Å². The van der Waals surface area contributed by atoms with E-state index in [1.165, 1.54) is 0 Å². The number of hydrogen-bond donors (Lipinski definition) is 5. The molecule has 0 aliphatic rings. The molecule has 0 saturated carbocycles. The molecule has 2 aromatic rings.